The highest BCUT2D eigenvalue weighted by Gasteiger charge is 2.41. The van der Waals surface area contributed by atoms with Gasteiger partial charge in [0.25, 0.3) is 0 Å². The highest BCUT2D eigenvalue weighted by atomic mass is 14.7. The highest BCUT2D eigenvalue weighted by Crippen LogP contribution is 2.44. The van der Waals surface area contributed by atoms with E-state index in [9.17, 15) is 0 Å². The molecule has 2 N–H and O–H groups in total. The summed E-state index contributed by atoms with van der Waals surface area (Å²) in [5.41, 5.74) is 9.20. The van der Waals surface area contributed by atoms with Crippen molar-refractivity contribution in [2.75, 3.05) is 0 Å². The van der Waals surface area contributed by atoms with E-state index in [1.54, 1.807) is 0 Å². The second kappa shape index (κ2) is 2.58. The van der Waals surface area contributed by atoms with E-state index in [1.807, 2.05) is 0 Å². The minimum atomic E-state index is 0.135. The summed E-state index contributed by atoms with van der Waals surface area (Å²) < 4.78 is 0. The van der Waals surface area contributed by atoms with Crippen molar-refractivity contribution in [3.05, 3.63) is 35.4 Å². The van der Waals surface area contributed by atoms with E-state index in [2.05, 4.69) is 45.0 Å². The van der Waals surface area contributed by atoms with Crippen LogP contribution in [-0.4, -0.2) is 6.04 Å². The molecule has 0 radical (unpaired) electrons. The second-order valence-corrected chi connectivity index (χ2v) is 4.62. The maximum atomic E-state index is 6.21. The molecular formula is C12H17N. The Balaban J connectivity index is 2.61. The first-order valence-corrected chi connectivity index (χ1v) is 4.90. The zero-order chi connectivity index (χ0) is 9.64. The molecule has 1 aromatic carbocycles. The van der Waals surface area contributed by atoms with Gasteiger partial charge in [-0.15, -0.1) is 0 Å². The van der Waals surface area contributed by atoms with Gasteiger partial charge in [-0.25, -0.2) is 0 Å². The Morgan fingerprint density at radius 3 is 2.46 bits per heavy atom. The zero-order valence-electron chi connectivity index (χ0n) is 8.54. The van der Waals surface area contributed by atoms with E-state index >= 15 is 0 Å². The topological polar surface area (TPSA) is 26.0 Å². The molecular weight excluding hydrogens is 158 g/mol. The lowest BCUT2D eigenvalue weighted by Crippen LogP contribution is -2.38. The molecule has 2 unspecified atom stereocenters. The van der Waals surface area contributed by atoms with Crippen molar-refractivity contribution in [2.45, 2.75) is 38.1 Å². The van der Waals surface area contributed by atoms with Gasteiger partial charge in [0.05, 0.1) is 0 Å². The summed E-state index contributed by atoms with van der Waals surface area (Å²) in [5.74, 6) is 0.492. The molecule has 0 aromatic heterocycles. The first-order chi connectivity index (χ1) is 6.05. The molecule has 0 saturated heterocycles. The van der Waals surface area contributed by atoms with Gasteiger partial charge in [0.1, 0.15) is 0 Å². The van der Waals surface area contributed by atoms with Crippen LogP contribution in [0.4, 0.5) is 0 Å². The largest absolute Gasteiger partial charge is 0.326 e. The minimum absolute atomic E-state index is 0.135. The Bertz CT molecular complexity index is 328. The standard InChI is InChI=1S/C12H17N/c1-8-9-6-4-5-7-10(9)12(2,3)11(8)13/h4-8,11H,13H2,1-3H3. The van der Waals surface area contributed by atoms with Gasteiger partial charge in [0.2, 0.25) is 0 Å². The van der Waals surface area contributed by atoms with Crippen molar-refractivity contribution in [1.29, 1.82) is 0 Å². The molecule has 13 heavy (non-hydrogen) atoms. The van der Waals surface area contributed by atoms with Crippen LogP contribution in [0.25, 0.3) is 0 Å². The fraction of sp³-hybridized carbons (Fsp3) is 0.500. The van der Waals surface area contributed by atoms with Crippen LogP contribution < -0.4 is 5.73 Å². The number of fused-ring (bicyclic) bond motifs is 1. The molecule has 1 aliphatic rings. The van der Waals surface area contributed by atoms with Gasteiger partial charge >= 0.3 is 0 Å². The Hall–Kier alpha value is -0.820. The summed E-state index contributed by atoms with van der Waals surface area (Å²) in [5, 5.41) is 0. The second-order valence-electron chi connectivity index (χ2n) is 4.62. The van der Waals surface area contributed by atoms with E-state index in [0.29, 0.717) is 5.92 Å². The van der Waals surface area contributed by atoms with Crippen molar-refractivity contribution >= 4 is 0 Å². The molecule has 0 fully saturated rings. The van der Waals surface area contributed by atoms with Crippen molar-refractivity contribution in [3.63, 3.8) is 0 Å². The molecule has 1 aliphatic carbocycles. The van der Waals surface area contributed by atoms with Crippen LogP contribution in [0.5, 0.6) is 0 Å². The molecule has 0 amide bonds. The number of hydrogen-bond acceptors (Lipinski definition) is 1. The molecule has 0 heterocycles. The number of benzene rings is 1. The normalized spacial score (nSPS) is 30.2. The summed E-state index contributed by atoms with van der Waals surface area (Å²) in [7, 11) is 0. The SMILES string of the molecule is CC1c2ccccc2C(C)(C)C1N. The molecule has 0 spiro atoms. The van der Waals surface area contributed by atoms with Gasteiger partial charge in [0.15, 0.2) is 0 Å². The predicted molar refractivity (Wildman–Crippen MR) is 55.9 cm³/mol. The van der Waals surface area contributed by atoms with Gasteiger partial charge < -0.3 is 5.73 Å². The van der Waals surface area contributed by atoms with E-state index in [4.69, 9.17) is 5.73 Å². The molecule has 2 rings (SSSR count). The molecule has 0 bridgehead atoms. The van der Waals surface area contributed by atoms with E-state index in [-0.39, 0.29) is 11.5 Å². The Morgan fingerprint density at radius 1 is 1.23 bits per heavy atom. The fourth-order valence-corrected chi connectivity index (χ4v) is 2.48. The van der Waals surface area contributed by atoms with Crippen molar-refractivity contribution < 1.29 is 0 Å². The first-order valence-electron chi connectivity index (χ1n) is 4.90. The number of nitrogens with two attached hydrogens (primary N) is 1. The third-order valence-corrected chi connectivity index (χ3v) is 3.52. The zero-order valence-corrected chi connectivity index (χ0v) is 8.54. The lowest BCUT2D eigenvalue weighted by atomic mass is 9.82. The maximum Gasteiger partial charge on any atom is 0.0198 e. The van der Waals surface area contributed by atoms with E-state index < -0.39 is 0 Å². The van der Waals surface area contributed by atoms with Crippen LogP contribution in [0.2, 0.25) is 0 Å². The molecule has 70 valence electrons. The van der Waals surface area contributed by atoms with Crippen molar-refractivity contribution in [3.8, 4) is 0 Å². The molecule has 0 saturated carbocycles. The quantitative estimate of drug-likeness (QED) is 0.644. The van der Waals surface area contributed by atoms with Gasteiger partial charge in [-0.3, -0.25) is 0 Å². The highest BCUT2D eigenvalue weighted by molar-refractivity contribution is 5.44. The monoisotopic (exact) mass is 175 g/mol. The van der Waals surface area contributed by atoms with Crippen LogP contribution in [0.1, 0.15) is 37.8 Å². The molecule has 0 aliphatic heterocycles. The third-order valence-electron chi connectivity index (χ3n) is 3.52. The van der Waals surface area contributed by atoms with E-state index in [1.165, 1.54) is 11.1 Å². The number of rotatable bonds is 0. The Labute approximate surface area is 80.0 Å². The minimum Gasteiger partial charge on any atom is -0.326 e. The van der Waals surface area contributed by atoms with Crippen molar-refractivity contribution in [1.82, 2.24) is 0 Å². The average Bonchev–Trinajstić information content (AvgIpc) is 2.30. The van der Waals surface area contributed by atoms with Crippen LogP contribution in [-0.2, 0) is 5.41 Å². The third kappa shape index (κ3) is 1.03. The van der Waals surface area contributed by atoms with Crippen LogP contribution >= 0.6 is 0 Å². The summed E-state index contributed by atoms with van der Waals surface area (Å²) >= 11 is 0. The molecule has 1 nitrogen and oxygen atoms in total. The summed E-state index contributed by atoms with van der Waals surface area (Å²) in [4.78, 5) is 0. The summed E-state index contributed by atoms with van der Waals surface area (Å²) in [6.45, 7) is 6.69. The maximum absolute atomic E-state index is 6.21. The Morgan fingerprint density at radius 2 is 1.85 bits per heavy atom. The van der Waals surface area contributed by atoms with Crippen molar-refractivity contribution in [2.24, 2.45) is 5.73 Å². The lowest BCUT2D eigenvalue weighted by Gasteiger charge is -2.26. The summed E-state index contributed by atoms with van der Waals surface area (Å²) in [6.07, 6.45) is 0. The first kappa shape index (κ1) is 8.76. The van der Waals surface area contributed by atoms with Gasteiger partial charge in [-0.1, -0.05) is 45.0 Å². The Kier molecular flexibility index (Phi) is 1.74. The van der Waals surface area contributed by atoms with Crippen LogP contribution in [0.15, 0.2) is 24.3 Å². The average molecular weight is 175 g/mol. The molecule has 1 aromatic rings. The van der Waals surface area contributed by atoms with Gasteiger partial charge in [-0.05, 0) is 17.0 Å². The smallest absolute Gasteiger partial charge is 0.0198 e. The fourth-order valence-electron chi connectivity index (χ4n) is 2.48. The van der Waals surface area contributed by atoms with Gasteiger partial charge in [-0.2, -0.15) is 0 Å². The predicted octanol–water partition coefficient (Wildman–Crippen LogP) is 2.41. The van der Waals surface area contributed by atoms with Gasteiger partial charge in [0, 0.05) is 11.5 Å². The molecule has 2 atom stereocenters. The van der Waals surface area contributed by atoms with Crippen LogP contribution in [0, 0.1) is 0 Å². The van der Waals surface area contributed by atoms with Crippen LogP contribution in [0.3, 0.4) is 0 Å². The molecule has 1 heteroatoms. The lowest BCUT2D eigenvalue weighted by molar-refractivity contribution is 0.410. The van der Waals surface area contributed by atoms with E-state index in [0.717, 1.165) is 0 Å². The summed E-state index contributed by atoms with van der Waals surface area (Å²) in [6, 6.07) is 8.87. The number of hydrogen-bond donors (Lipinski definition) is 1.